The van der Waals surface area contributed by atoms with Crippen LogP contribution in [0.15, 0.2) is 0 Å². The van der Waals surface area contributed by atoms with Crippen LogP contribution in [0.25, 0.3) is 0 Å². The molecular formula is C26H49N3O6S3. The van der Waals surface area contributed by atoms with Gasteiger partial charge in [0.25, 0.3) is 0 Å². The highest BCUT2D eigenvalue weighted by molar-refractivity contribution is 7.90. The van der Waals surface area contributed by atoms with Crippen molar-refractivity contribution in [3.8, 4) is 0 Å². The predicted molar refractivity (Wildman–Crippen MR) is 151 cm³/mol. The zero-order valence-electron chi connectivity index (χ0n) is 24.1. The van der Waals surface area contributed by atoms with Gasteiger partial charge in [0, 0.05) is 30.7 Å². The molecule has 9 atom stereocenters. The summed E-state index contributed by atoms with van der Waals surface area (Å²) in [5.74, 6) is 1.59. The van der Waals surface area contributed by atoms with Gasteiger partial charge in [0.2, 0.25) is 30.1 Å². The van der Waals surface area contributed by atoms with Gasteiger partial charge in [-0.1, -0.05) is 20.8 Å². The Morgan fingerprint density at radius 2 is 1.11 bits per heavy atom. The molecule has 0 aromatic carbocycles. The molecule has 3 aliphatic heterocycles. The number of sulfonamides is 3. The van der Waals surface area contributed by atoms with E-state index >= 15 is 0 Å². The molecule has 222 valence electrons. The summed E-state index contributed by atoms with van der Waals surface area (Å²) in [5.41, 5.74) is -0.267. The third-order valence-electron chi connectivity index (χ3n) is 10.1. The first-order valence-corrected chi connectivity index (χ1v) is 18.9. The van der Waals surface area contributed by atoms with Crippen molar-refractivity contribution in [2.75, 3.05) is 7.05 Å². The van der Waals surface area contributed by atoms with E-state index in [2.05, 4.69) is 25.5 Å². The van der Waals surface area contributed by atoms with Crippen molar-refractivity contribution < 1.29 is 25.3 Å². The molecule has 9 unspecified atom stereocenters. The number of nitrogens with one attached hydrogen (secondary N) is 1. The van der Waals surface area contributed by atoms with E-state index in [1.165, 1.54) is 0 Å². The van der Waals surface area contributed by atoms with Crippen LogP contribution in [-0.4, -0.2) is 80.3 Å². The zero-order chi connectivity index (χ0) is 28.4. The highest BCUT2D eigenvalue weighted by atomic mass is 32.2. The van der Waals surface area contributed by atoms with Gasteiger partial charge in [0.15, 0.2) is 0 Å². The van der Waals surface area contributed by atoms with Crippen LogP contribution in [0.3, 0.4) is 0 Å². The smallest absolute Gasteiger partial charge is 0.212 e. The molecule has 0 radical (unpaired) electrons. The maximum Gasteiger partial charge on any atom is 0.217 e. The summed E-state index contributed by atoms with van der Waals surface area (Å²) in [6.45, 7) is 12.4. The number of rotatable bonds is 0. The standard InChI is InChI=1S/C11H21NO2S.C8H15NO2S.C7H13NO2S/c1-8-5-6-9-7-10(8)12(11(2,3)4)15(9,13)14;1-6-3-4-7-5-8(6)9(2)12(7,10)11;1-5-2-3-6-4-7(5)8-11(6,9)10/h8-10H,5-7H2,1-4H3;6-8H,3-5H2,1-2H3;5-8H,2-4H2,1H3. The molecule has 1 N–H and O–H groups in total. The van der Waals surface area contributed by atoms with Gasteiger partial charge in [-0.25, -0.2) is 34.3 Å². The Hall–Kier alpha value is -0.270. The third kappa shape index (κ3) is 5.60. The van der Waals surface area contributed by atoms with Gasteiger partial charge < -0.3 is 0 Å². The molecular weight excluding hydrogens is 547 g/mol. The Kier molecular flexibility index (Phi) is 8.50. The number of hydrogen-bond acceptors (Lipinski definition) is 6. The summed E-state index contributed by atoms with van der Waals surface area (Å²) in [6, 6.07) is 0.765. The highest BCUT2D eigenvalue weighted by Gasteiger charge is 2.54. The normalized spacial score (nSPS) is 44.4. The average molecular weight is 596 g/mol. The Balaban J connectivity index is 0.000000134. The largest absolute Gasteiger partial charge is 0.217 e. The van der Waals surface area contributed by atoms with Crippen LogP contribution in [0, 0.1) is 17.8 Å². The van der Waals surface area contributed by atoms with Gasteiger partial charge in [0.1, 0.15) is 0 Å². The highest BCUT2D eigenvalue weighted by Crippen LogP contribution is 2.45. The Morgan fingerprint density at radius 3 is 1.63 bits per heavy atom. The lowest BCUT2D eigenvalue weighted by molar-refractivity contribution is 0.148. The van der Waals surface area contributed by atoms with Crippen molar-refractivity contribution in [2.24, 2.45) is 17.8 Å². The van der Waals surface area contributed by atoms with Crippen LogP contribution in [0.5, 0.6) is 0 Å². The summed E-state index contributed by atoms with van der Waals surface area (Å²) in [7, 11) is -7.11. The molecule has 6 fully saturated rings. The summed E-state index contributed by atoms with van der Waals surface area (Å²) < 4.78 is 76.5. The van der Waals surface area contributed by atoms with Gasteiger partial charge in [0.05, 0.1) is 15.7 Å². The van der Waals surface area contributed by atoms with Gasteiger partial charge in [-0.3, -0.25) is 0 Å². The van der Waals surface area contributed by atoms with E-state index in [1.807, 2.05) is 20.8 Å². The van der Waals surface area contributed by atoms with Crippen LogP contribution in [0.1, 0.15) is 99.3 Å². The third-order valence-corrected chi connectivity index (χ3v) is 17.0. The van der Waals surface area contributed by atoms with Crippen molar-refractivity contribution in [3.05, 3.63) is 0 Å². The van der Waals surface area contributed by atoms with Crippen molar-refractivity contribution in [3.63, 3.8) is 0 Å². The second-order valence-corrected chi connectivity index (χ2v) is 20.1. The zero-order valence-corrected chi connectivity index (χ0v) is 26.6. The fraction of sp³-hybridized carbons (Fsp3) is 1.00. The second-order valence-electron chi connectivity index (χ2n) is 13.7. The predicted octanol–water partition coefficient (Wildman–Crippen LogP) is 3.28. The molecule has 9 nitrogen and oxygen atoms in total. The van der Waals surface area contributed by atoms with Crippen molar-refractivity contribution in [1.82, 2.24) is 13.3 Å². The first-order chi connectivity index (χ1) is 17.4. The minimum Gasteiger partial charge on any atom is -0.212 e. The molecule has 3 saturated heterocycles. The van der Waals surface area contributed by atoms with E-state index in [1.54, 1.807) is 15.7 Å². The molecule has 0 aromatic heterocycles. The number of nitrogens with zero attached hydrogens (tertiary/aromatic N) is 2. The molecule has 6 bridgehead atoms. The van der Waals surface area contributed by atoms with Gasteiger partial charge in [-0.15, -0.1) is 0 Å². The first-order valence-electron chi connectivity index (χ1n) is 14.4. The van der Waals surface area contributed by atoms with E-state index in [-0.39, 0.29) is 39.4 Å². The van der Waals surface area contributed by atoms with Crippen LogP contribution in [0.2, 0.25) is 0 Å². The Bertz CT molecular complexity index is 1200. The summed E-state index contributed by atoms with van der Waals surface area (Å²) in [6.07, 6.45) is 8.30. The number of fused-ring (bicyclic) bond motifs is 6. The summed E-state index contributed by atoms with van der Waals surface area (Å²) >= 11 is 0. The van der Waals surface area contributed by atoms with E-state index in [4.69, 9.17) is 0 Å². The van der Waals surface area contributed by atoms with Crippen molar-refractivity contribution in [1.29, 1.82) is 0 Å². The lowest BCUT2D eigenvalue weighted by Crippen LogP contribution is -2.48. The summed E-state index contributed by atoms with van der Waals surface area (Å²) in [4.78, 5) is 0. The Morgan fingerprint density at radius 1 is 0.632 bits per heavy atom. The minimum absolute atomic E-state index is 0.0660. The Labute approximate surface area is 231 Å². The molecule has 6 aliphatic rings. The van der Waals surface area contributed by atoms with Gasteiger partial charge in [-0.05, 0) is 96.3 Å². The average Bonchev–Trinajstić information content (AvgIpc) is 3.27. The SMILES string of the molecule is CC1CCC2CC1N(C(C)(C)C)S2(=O)=O.CC1CCC2CC1N(C)S2(=O)=O.CC1CCC2CC1NS2(=O)=O. The molecule has 12 heteroatoms. The maximum atomic E-state index is 12.3. The minimum atomic E-state index is -3.02. The van der Waals surface area contributed by atoms with Crippen LogP contribution < -0.4 is 4.72 Å². The monoisotopic (exact) mass is 595 g/mol. The van der Waals surface area contributed by atoms with Gasteiger partial charge in [-0.2, -0.15) is 4.31 Å². The van der Waals surface area contributed by atoms with Crippen LogP contribution in [0.4, 0.5) is 0 Å². The molecule has 0 aromatic rings. The lowest BCUT2D eigenvalue weighted by Gasteiger charge is -2.37. The second kappa shape index (κ2) is 10.5. The summed E-state index contributed by atoms with van der Waals surface area (Å²) in [5, 5.41) is -0.245. The van der Waals surface area contributed by atoms with E-state index < -0.39 is 30.1 Å². The van der Waals surface area contributed by atoms with E-state index in [0.717, 1.165) is 57.8 Å². The fourth-order valence-corrected chi connectivity index (χ4v) is 14.1. The topological polar surface area (TPSA) is 121 Å². The van der Waals surface area contributed by atoms with Crippen molar-refractivity contribution in [2.45, 2.75) is 139 Å². The first kappa shape index (κ1) is 30.7. The van der Waals surface area contributed by atoms with Crippen LogP contribution in [-0.2, 0) is 30.1 Å². The maximum absolute atomic E-state index is 12.3. The molecule has 3 heterocycles. The molecule has 38 heavy (non-hydrogen) atoms. The quantitative estimate of drug-likeness (QED) is 0.459. The molecule has 0 spiro atoms. The van der Waals surface area contributed by atoms with E-state index in [9.17, 15) is 25.3 Å². The van der Waals surface area contributed by atoms with Crippen molar-refractivity contribution >= 4 is 30.1 Å². The molecule has 3 saturated carbocycles. The molecule has 3 aliphatic carbocycles. The fourth-order valence-electron chi connectivity index (χ4n) is 7.59. The van der Waals surface area contributed by atoms with E-state index in [0.29, 0.717) is 17.8 Å². The van der Waals surface area contributed by atoms with Crippen LogP contribution >= 0.6 is 0 Å². The number of hydrogen-bond donors (Lipinski definition) is 1. The molecule has 0 amide bonds. The van der Waals surface area contributed by atoms with Gasteiger partial charge >= 0.3 is 0 Å². The lowest BCUT2D eigenvalue weighted by atomic mass is 9.84. The molecule has 6 rings (SSSR count).